The third-order valence-corrected chi connectivity index (χ3v) is 7.57. The predicted molar refractivity (Wildman–Crippen MR) is 123 cm³/mol. The first-order chi connectivity index (χ1) is 15.7. The highest BCUT2D eigenvalue weighted by molar-refractivity contribution is 7.89. The number of carbonyl (C=O) groups excluding carboxylic acids is 1. The van der Waals surface area contributed by atoms with Crippen molar-refractivity contribution in [2.45, 2.75) is 19.4 Å². The number of amides is 1. The maximum Gasteiger partial charge on any atom is 0.288 e. The maximum atomic E-state index is 12.8. The van der Waals surface area contributed by atoms with Gasteiger partial charge in [0.05, 0.1) is 24.9 Å². The molecule has 2 aromatic rings. The van der Waals surface area contributed by atoms with Gasteiger partial charge in [0.1, 0.15) is 5.02 Å². The van der Waals surface area contributed by atoms with E-state index < -0.39 is 20.9 Å². The lowest BCUT2D eigenvalue weighted by Gasteiger charge is -2.29. The molecule has 12 heteroatoms. The van der Waals surface area contributed by atoms with Gasteiger partial charge in [0, 0.05) is 31.3 Å². The van der Waals surface area contributed by atoms with E-state index in [1.54, 1.807) is 13.2 Å². The molecule has 0 aliphatic carbocycles. The summed E-state index contributed by atoms with van der Waals surface area (Å²) in [6, 6.07) is 7.40. The van der Waals surface area contributed by atoms with Gasteiger partial charge in [-0.2, -0.15) is 4.31 Å². The van der Waals surface area contributed by atoms with Crippen LogP contribution in [0.5, 0.6) is 11.5 Å². The summed E-state index contributed by atoms with van der Waals surface area (Å²) in [5.41, 5.74) is 1.58. The molecule has 1 amide bonds. The van der Waals surface area contributed by atoms with Crippen LogP contribution in [0.25, 0.3) is 0 Å². The van der Waals surface area contributed by atoms with Gasteiger partial charge in [-0.25, -0.2) is 8.42 Å². The number of hydrogen-bond acceptors (Lipinski definition) is 7. The number of benzene rings is 2. The minimum absolute atomic E-state index is 0.0678. The first-order valence-electron chi connectivity index (χ1n) is 10.1. The van der Waals surface area contributed by atoms with E-state index in [2.05, 4.69) is 5.32 Å². The number of methoxy groups -OCH3 is 2. The summed E-state index contributed by atoms with van der Waals surface area (Å²) in [7, 11) is -0.466. The van der Waals surface area contributed by atoms with Gasteiger partial charge in [-0.05, 0) is 48.2 Å². The van der Waals surface area contributed by atoms with E-state index in [9.17, 15) is 23.3 Å². The highest BCUT2D eigenvalue weighted by atomic mass is 35.5. The summed E-state index contributed by atoms with van der Waals surface area (Å²) >= 11 is 5.75. The van der Waals surface area contributed by atoms with Crippen molar-refractivity contribution in [1.82, 2.24) is 9.62 Å². The van der Waals surface area contributed by atoms with Crippen molar-refractivity contribution in [2.24, 2.45) is 0 Å². The lowest BCUT2D eigenvalue weighted by atomic mass is 10.0. The molecule has 0 spiro atoms. The summed E-state index contributed by atoms with van der Waals surface area (Å²) in [5, 5.41) is 13.5. The minimum Gasteiger partial charge on any atom is -0.493 e. The monoisotopic (exact) mass is 497 g/mol. The molecule has 0 unspecified atom stereocenters. The fraction of sp³-hybridized carbons (Fsp3) is 0.381. The SMILES string of the molecule is COc1cc2c(cc1OC)CN(S(=O)(=O)CCCNC(=O)c1ccc(Cl)c([N+](=O)[O-])c1)CC2. The van der Waals surface area contributed by atoms with Crippen molar-refractivity contribution in [1.29, 1.82) is 0 Å². The topological polar surface area (TPSA) is 128 Å². The van der Waals surface area contributed by atoms with Crippen LogP contribution in [0.2, 0.25) is 5.02 Å². The molecule has 1 aliphatic rings. The number of halogens is 1. The van der Waals surface area contributed by atoms with Gasteiger partial charge in [-0.3, -0.25) is 14.9 Å². The van der Waals surface area contributed by atoms with Crippen LogP contribution in [0, 0.1) is 10.1 Å². The standard InChI is InChI=1S/C21H24ClN3O7S/c1-31-19-11-14-6-8-24(13-16(14)12-20(19)32-2)33(29,30)9-3-7-23-21(26)15-4-5-17(22)18(10-15)25(27)28/h4-5,10-12H,3,6-9,13H2,1-2H3,(H,23,26). The Morgan fingerprint density at radius 3 is 2.48 bits per heavy atom. The molecule has 0 saturated carbocycles. The second-order valence-corrected chi connectivity index (χ2v) is 9.90. The Hall–Kier alpha value is -2.89. The Bertz CT molecular complexity index is 1170. The summed E-state index contributed by atoms with van der Waals surface area (Å²) in [4.78, 5) is 22.5. The zero-order chi connectivity index (χ0) is 24.2. The molecular weight excluding hydrogens is 474 g/mol. The van der Waals surface area contributed by atoms with Crippen molar-refractivity contribution in [3.63, 3.8) is 0 Å². The van der Waals surface area contributed by atoms with Gasteiger partial charge in [-0.1, -0.05) is 11.6 Å². The van der Waals surface area contributed by atoms with Crippen LogP contribution in [0.1, 0.15) is 27.9 Å². The highest BCUT2D eigenvalue weighted by Crippen LogP contribution is 2.34. The van der Waals surface area contributed by atoms with Crippen LogP contribution in [0.3, 0.4) is 0 Å². The number of sulfonamides is 1. The summed E-state index contributed by atoms with van der Waals surface area (Å²) in [6.07, 6.45) is 0.750. The fourth-order valence-electron chi connectivity index (χ4n) is 3.58. The number of nitrogens with zero attached hydrogens (tertiary/aromatic N) is 2. The number of nitro benzene ring substituents is 1. The van der Waals surface area contributed by atoms with E-state index >= 15 is 0 Å². The first kappa shape index (κ1) is 24.7. The van der Waals surface area contributed by atoms with Crippen molar-refractivity contribution >= 4 is 33.2 Å². The van der Waals surface area contributed by atoms with E-state index in [1.807, 2.05) is 6.07 Å². The van der Waals surface area contributed by atoms with Crippen molar-refractivity contribution in [3.8, 4) is 11.5 Å². The third-order valence-electron chi connectivity index (χ3n) is 5.35. The first-order valence-corrected chi connectivity index (χ1v) is 12.1. The zero-order valence-electron chi connectivity index (χ0n) is 18.2. The van der Waals surface area contributed by atoms with E-state index in [0.717, 1.165) is 17.2 Å². The molecule has 1 heterocycles. The number of nitrogens with one attached hydrogen (secondary N) is 1. The molecule has 2 aromatic carbocycles. The largest absolute Gasteiger partial charge is 0.493 e. The van der Waals surface area contributed by atoms with E-state index in [1.165, 1.54) is 23.5 Å². The summed E-state index contributed by atoms with van der Waals surface area (Å²) < 4.78 is 37.7. The molecule has 0 saturated heterocycles. The van der Waals surface area contributed by atoms with Crippen LogP contribution in [-0.4, -0.2) is 56.6 Å². The van der Waals surface area contributed by atoms with Gasteiger partial charge >= 0.3 is 0 Å². The number of ether oxygens (including phenoxy) is 2. The van der Waals surface area contributed by atoms with Gasteiger partial charge in [0.15, 0.2) is 11.5 Å². The Balaban J connectivity index is 1.56. The number of carbonyl (C=O) groups is 1. The summed E-state index contributed by atoms with van der Waals surface area (Å²) in [6.45, 7) is 0.689. The molecule has 178 valence electrons. The normalized spacial score (nSPS) is 13.8. The van der Waals surface area contributed by atoms with Gasteiger partial charge in [0.25, 0.3) is 11.6 Å². The number of rotatable bonds is 9. The van der Waals surface area contributed by atoms with Gasteiger partial charge < -0.3 is 14.8 Å². The molecule has 1 N–H and O–H groups in total. The average molecular weight is 498 g/mol. The molecule has 0 aromatic heterocycles. The van der Waals surface area contributed by atoms with Crippen molar-refractivity contribution in [2.75, 3.05) is 33.1 Å². The van der Waals surface area contributed by atoms with Crippen molar-refractivity contribution < 1.29 is 27.6 Å². The van der Waals surface area contributed by atoms with Crippen LogP contribution in [0.15, 0.2) is 30.3 Å². The Labute approximate surface area is 196 Å². The predicted octanol–water partition coefficient (Wildman–Crippen LogP) is 2.77. The van der Waals surface area contributed by atoms with Crippen LogP contribution in [0.4, 0.5) is 5.69 Å². The van der Waals surface area contributed by atoms with E-state index in [-0.39, 0.29) is 41.5 Å². The molecule has 0 bridgehead atoms. The number of nitro groups is 1. The quantitative estimate of drug-likeness (QED) is 0.320. The second-order valence-electron chi connectivity index (χ2n) is 7.41. The van der Waals surface area contributed by atoms with Gasteiger partial charge in [0.2, 0.25) is 10.0 Å². The van der Waals surface area contributed by atoms with Crippen molar-refractivity contribution in [3.05, 3.63) is 62.2 Å². The molecule has 0 radical (unpaired) electrons. The Kier molecular flexibility index (Phi) is 7.77. The smallest absolute Gasteiger partial charge is 0.288 e. The van der Waals surface area contributed by atoms with E-state index in [0.29, 0.717) is 24.5 Å². The lowest BCUT2D eigenvalue weighted by Crippen LogP contribution is -2.38. The summed E-state index contributed by atoms with van der Waals surface area (Å²) in [5.74, 6) is 0.464. The minimum atomic E-state index is -3.54. The number of hydrogen-bond donors (Lipinski definition) is 1. The number of fused-ring (bicyclic) bond motifs is 1. The maximum absolute atomic E-state index is 12.8. The Morgan fingerprint density at radius 1 is 1.18 bits per heavy atom. The Morgan fingerprint density at radius 2 is 1.85 bits per heavy atom. The third kappa shape index (κ3) is 5.73. The molecule has 1 aliphatic heterocycles. The molecule has 33 heavy (non-hydrogen) atoms. The van der Waals surface area contributed by atoms with Crippen LogP contribution in [-0.2, 0) is 23.0 Å². The van der Waals surface area contributed by atoms with E-state index in [4.69, 9.17) is 21.1 Å². The average Bonchev–Trinajstić information content (AvgIpc) is 2.80. The molecular formula is C21H24ClN3O7S. The molecule has 0 fully saturated rings. The highest BCUT2D eigenvalue weighted by Gasteiger charge is 2.27. The molecule has 10 nitrogen and oxygen atoms in total. The second kappa shape index (κ2) is 10.4. The fourth-order valence-corrected chi connectivity index (χ4v) is 5.24. The van der Waals surface area contributed by atoms with Crippen LogP contribution >= 0.6 is 11.6 Å². The van der Waals surface area contributed by atoms with Crippen LogP contribution < -0.4 is 14.8 Å². The lowest BCUT2D eigenvalue weighted by molar-refractivity contribution is -0.384. The zero-order valence-corrected chi connectivity index (χ0v) is 19.7. The molecule has 3 rings (SSSR count). The van der Waals surface area contributed by atoms with Gasteiger partial charge in [-0.15, -0.1) is 0 Å². The molecule has 0 atom stereocenters.